The van der Waals surface area contributed by atoms with Crippen LogP contribution in [0.5, 0.6) is 5.75 Å². The zero-order valence-corrected chi connectivity index (χ0v) is 11.8. The summed E-state index contributed by atoms with van der Waals surface area (Å²) in [5, 5.41) is 0. The van der Waals surface area contributed by atoms with E-state index in [1.165, 1.54) is 37.3 Å². The number of nitrogens with zero attached hydrogens (tertiary/aromatic N) is 1. The molecular formula is C14H16FNO5. The molecule has 1 saturated heterocycles. The van der Waals surface area contributed by atoms with Crippen molar-refractivity contribution in [3.8, 4) is 5.75 Å². The summed E-state index contributed by atoms with van der Waals surface area (Å²) in [5.74, 6) is -1.61. The number of carbonyl (C=O) groups is 2. The van der Waals surface area contributed by atoms with Gasteiger partial charge in [0.1, 0.15) is 17.1 Å². The van der Waals surface area contributed by atoms with Crippen molar-refractivity contribution in [2.24, 2.45) is 0 Å². The predicted molar refractivity (Wildman–Crippen MR) is 70.6 cm³/mol. The van der Waals surface area contributed by atoms with E-state index in [0.717, 1.165) is 0 Å². The van der Waals surface area contributed by atoms with E-state index in [2.05, 4.69) is 4.74 Å². The van der Waals surface area contributed by atoms with Crippen LogP contribution in [0.2, 0.25) is 0 Å². The zero-order chi connectivity index (χ0) is 15.4. The molecule has 1 aromatic rings. The standard InChI is InChI=1S/C14H16FNO5/c1-19-10-5-3-4-9(15)12(10)13(17)16-6-7-21-11(8-16)14(18)20-2/h3-5,11H,6-8H2,1-2H3. The van der Waals surface area contributed by atoms with Crippen molar-refractivity contribution in [1.82, 2.24) is 4.90 Å². The minimum Gasteiger partial charge on any atom is -0.496 e. The van der Waals surface area contributed by atoms with E-state index in [1.54, 1.807) is 0 Å². The summed E-state index contributed by atoms with van der Waals surface area (Å²) in [6.07, 6.45) is -0.856. The molecule has 114 valence electrons. The van der Waals surface area contributed by atoms with Crippen molar-refractivity contribution in [1.29, 1.82) is 0 Å². The Balaban J connectivity index is 2.22. The molecule has 0 spiro atoms. The van der Waals surface area contributed by atoms with Crippen LogP contribution >= 0.6 is 0 Å². The summed E-state index contributed by atoms with van der Waals surface area (Å²) in [5.41, 5.74) is -0.148. The molecule has 1 atom stereocenters. The molecule has 21 heavy (non-hydrogen) atoms. The highest BCUT2D eigenvalue weighted by atomic mass is 19.1. The van der Waals surface area contributed by atoms with Gasteiger partial charge in [0.05, 0.1) is 27.4 Å². The summed E-state index contributed by atoms with van der Waals surface area (Å²) < 4.78 is 28.8. The number of amides is 1. The average molecular weight is 297 g/mol. The number of halogens is 1. The van der Waals surface area contributed by atoms with Gasteiger partial charge in [0.15, 0.2) is 6.10 Å². The second-order valence-electron chi connectivity index (χ2n) is 4.45. The maximum Gasteiger partial charge on any atom is 0.336 e. The highest BCUT2D eigenvalue weighted by molar-refractivity contribution is 5.97. The molecule has 2 rings (SSSR count). The van der Waals surface area contributed by atoms with Crippen LogP contribution in [-0.4, -0.2) is 56.8 Å². The lowest BCUT2D eigenvalue weighted by molar-refractivity contribution is -0.158. The number of esters is 1. The van der Waals surface area contributed by atoms with Crippen LogP contribution in [0.15, 0.2) is 18.2 Å². The maximum atomic E-state index is 13.9. The van der Waals surface area contributed by atoms with E-state index < -0.39 is 23.8 Å². The molecule has 1 heterocycles. The highest BCUT2D eigenvalue weighted by Crippen LogP contribution is 2.24. The van der Waals surface area contributed by atoms with Crippen LogP contribution in [0.25, 0.3) is 0 Å². The van der Waals surface area contributed by atoms with Crippen molar-refractivity contribution in [3.63, 3.8) is 0 Å². The van der Waals surface area contributed by atoms with E-state index in [4.69, 9.17) is 9.47 Å². The van der Waals surface area contributed by atoms with Gasteiger partial charge in [-0.25, -0.2) is 9.18 Å². The fourth-order valence-corrected chi connectivity index (χ4v) is 2.15. The number of rotatable bonds is 3. The number of benzene rings is 1. The van der Waals surface area contributed by atoms with Crippen LogP contribution in [0.1, 0.15) is 10.4 Å². The van der Waals surface area contributed by atoms with Gasteiger partial charge in [0, 0.05) is 6.54 Å². The van der Waals surface area contributed by atoms with E-state index in [-0.39, 0.29) is 31.0 Å². The summed E-state index contributed by atoms with van der Waals surface area (Å²) in [6.45, 7) is 0.467. The molecule has 1 fully saturated rings. The Morgan fingerprint density at radius 1 is 1.38 bits per heavy atom. The van der Waals surface area contributed by atoms with Gasteiger partial charge in [-0.05, 0) is 12.1 Å². The Hall–Kier alpha value is -2.15. The lowest BCUT2D eigenvalue weighted by Gasteiger charge is -2.31. The van der Waals surface area contributed by atoms with Crippen molar-refractivity contribution in [2.45, 2.75) is 6.10 Å². The number of carbonyl (C=O) groups excluding carboxylic acids is 2. The third-order valence-corrected chi connectivity index (χ3v) is 3.23. The Morgan fingerprint density at radius 3 is 2.81 bits per heavy atom. The smallest absolute Gasteiger partial charge is 0.336 e. The van der Waals surface area contributed by atoms with Crippen molar-refractivity contribution in [3.05, 3.63) is 29.6 Å². The molecule has 0 saturated carbocycles. The molecule has 0 aromatic heterocycles. The van der Waals surface area contributed by atoms with Crippen LogP contribution in [0.3, 0.4) is 0 Å². The summed E-state index contributed by atoms with van der Waals surface area (Å²) in [4.78, 5) is 25.3. The molecule has 0 bridgehead atoms. The molecule has 1 aliphatic rings. The molecule has 0 aliphatic carbocycles. The van der Waals surface area contributed by atoms with Gasteiger partial charge in [0.2, 0.25) is 0 Å². The lowest BCUT2D eigenvalue weighted by atomic mass is 10.1. The number of morpholine rings is 1. The topological polar surface area (TPSA) is 65.1 Å². The largest absolute Gasteiger partial charge is 0.496 e. The molecule has 1 amide bonds. The lowest BCUT2D eigenvalue weighted by Crippen LogP contribution is -2.49. The molecule has 0 radical (unpaired) electrons. The fraction of sp³-hybridized carbons (Fsp3) is 0.429. The van der Waals surface area contributed by atoms with Crippen molar-refractivity contribution >= 4 is 11.9 Å². The summed E-state index contributed by atoms with van der Waals surface area (Å²) in [6, 6.07) is 4.16. The minimum absolute atomic E-state index is 0.0169. The fourth-order valence-electron chi connectivity index (χ4n) is 2.15. The SMILES string of the molecule is COC(=O)C1CN(C(=O)c2c(F)cccc2OC)CCO1. The van der Waals surface area contributed by atoms with Crippen LogP contribution in [0.4, 0.5) is 4.39 Å². The third kappa shape index (κ3) is 3.13. The molecule has 1 aromatic carbocycles. The molecule has 1 unspecified atom stereocenters. The van der Waals surface area contributed by atoms with Crippen molar-refractivity contribution < 1.29 is 28.2 Å². The molecular weight excluding hydrogens is 281 g/mol. The van der Waals surface area contributed by atoms with Gasteiger partial charge in [0.25, 0.3) is 5.91 Å². The van der Waals surface area contributed by atoms with Crippen LogP contribution in [0, 0.1) is 5.82 Å². The van der Waals surface area contributed by atoms with Gasteiger partial charge < -0.3 is 19.1 Å². The van der Waals surface area contributed by atoms with Crippen LogP contribution in [-0.2, 0) is 14.3 Å². The second kappa shape index (κ2) is 6.53. The van der Waals surface area contributed by atoms with Gasteiger partial charge in [-0.1, -0.05) is 6.07 Å². The summed E-state index contributed by atoms with van der Waals surface area (Å²) in [7, 11) is 2.61. The monoisotopic (exact) mass is 297 g/mol. The van der Waals surface area contributed by atoms with Gasteiger partial charge in [-0.15, -0.1) is 0 Å². The first-order chi connectivity index (χ1) is 10.1. The zero-order valence-electron chi connectivity index (χ0n) is 11.8. The van der Waals surface area contributed by atoms with E-state index >= 15 is 0 Å². The van der Waals surface area contributed by atoms with Crippen molar-refractivity contribution in [2.75, 3.05) is 33.9 Å². The van der Waals surface area contributed by atoms with Gasteiger partial charge >= 0.3 is 5.97 Å². The first-order valence-electron chi connectivity index (χ1n) is 6.39. The second-order valence-corrected chi connectivity index (χ2v) is 4.45. The number of hydrogen-bond acceptors (Lipinski definition) is 5. The predicted octanol–water partition coefficient (Wildman–Crippen LogP) is 0.848. The Morgan fingerprint density at radius 2 is 2.14 bits per heavy atom. The first-order valence-corrected chi connectivity index (χ1v) is 6.39. The summed E-state index contributed by atoms with van der Waals surface area (Å²) >= 11 is 0. The van der Waals surface area contributed by atoms with Gasteiger partial charge in [-0.2, -0.15) is 0 Å². The Bertz CT molecular complexity index is 548. The Kier molecular flexibility index (Phi) is 4.74. The Labute approximate surface area is 121 Å². The average Bonchev–Trinajstić information content (AvgIpc) is 2.53. The van der Waals surface area contributed by atoms with E-state index in [1.807, 2.05) is 0 Å². The quantitative estimate of drug-likeness (QED) is 0.774. The van der Waals surface area contributed by atoms with Crippen LogP contribution < -0.4 is 4.74 Å². The number of methoxy groups -OCH3 is 2. The van der Waals surface area contributed by atoms with E-state index in [0.29, 0.717) is 0 Å². The maximum absolute atomic E-state index is 13.9. The number of ether oxygens (including phenoxy) is 3. The normalized spacial score (nSPS) is 18.2. The molecule has 0 N–H and O–H groups in total. The molecule has 7 heteroatoms. The number of hydrogen-bond donors (Lipinski definition) is 0. The molecule has 1 aliphatic heterocycles. The van der Waals surface area contributed by atoms with Gasteiger partial charge in [-0.3, -0.25) is 4.79 Å². The highest BCUT2D eigenvalue weighted by Gasteiger charge is 2.32. The minimum atomic E-state index is -0.856. The van der Waals surface area contributed by atoms with E-state index in [9.17, 15) is 14.0 Å². The molecule has 6 nitrogen and oxygen atoms in total. The first kappa shape index (κ1) is 15.2. The third-order valence-electron chi connectivity index (χ3n) is 3.23.